The van der Waals surface area contributed by atoms with Gasteiger partial charge in [0.05, 0.1) is 0 Å². The average Bonchev–Trinajstić information content (AvgIpc) is 3.22. The van der Waals surface area contributed by atoms with E-state index in [0.717, 1.165) is 29.3 Å². The molecule has 1 aromatic rings. The first-order chi connectivity index (χ1) is 10.2. The van der Waals surface area contributed by atoms with Gasteiger partial charge in [0.15, 0.2) is 0 Å². The number of rotatable bonds is 6. The van der Waals surface area contributed by atoms with Gasteiger partial charge >= 0.3 is 6.36 Å². The molecule has 0 amide bonds. The Balaban J connectivity index is 0.00000264. The highest BCUT2D eigenvalue weighted by molar-refractivity contribution is 7.89. The van der Waals surface area contributed by atoms with E-state index in [2.05, 4.69) is 4.74 Å². The largest absolute Gasteiger partial charge is 0.573 e. The van der Waals surface area contributed by atoms with Gasteiger partial charge in [0.25, 0.3) is 0 Å². The number of hydrogen-bond donors (Lipinski definition) is 1. The fourth-order valence-electron chi connectivity index (χ4n) is 2.32. The molecule has 0 aliphatic heterocycles. The van der Waals surface area contributed by atoms with Crippen LogP contribution >= 0.6 is 12.4 Å². The fraction of sp³-hybridized carbons (Fsp3) is 0.538. The zero-order valence-corrected chi connectivity index (χ0v) is 13.9. The molecule has 0 saturated heterocycles. The normalized spacial score (nSPS) is 16.8. The summed E-state index contributed by atoms with van der Waals surface area (Å²) in [7, 11) is -2.80. The van der Waals surface area contributed by atoms with Crippen LogP contribution in [0.4, 0.5) is 13.2 Å². The quantitative estimate of drug-likeness (QED) is 0.829. The monoisotopic (exact) mass is 374 g/mol. The summed E-state index contributed by atoms with van der Waals surface area (Å²) < 4.78 is 67.3. The summed E-state index contributed by atoms with van der Waals surface area (Å²) in [6.45, 7) is 0.114. The van der Waals surface area contributed by atoms with E-state index >= 15 is 0 Å². The number of nitrogens with zero attached hydrogens (tertiary/aromatic N) is 1. The second-order valence-corrected chi connectivity index (χ2v) is 7.12. The van der Waals surface area contributed by atoms with Crippen LogP contribution < -0.4 is 10.5 Å². The third kappa shape index (κ3) is 4.72. The number of para-hydroxylation sites is 1. The maximum atomic E-state index is 12.6. The molecule has 0 heterocycles. The molecule has 0 spiro atoms. The molecule has 1 unspecified atom stereocenters. The summed E-state index contributed by atoms with van der Waals surface area (Å²) >= 11 is 0. The molecule has 132 valence electrons. The lowest BCUT2D eigenvalue weighted by Gasteiger charge is -2.27. The number of sulfonamides is 1. The number of hydrogen-bond acceptors (Lipinski definition) is 4. The van der Waals surface area contributed by atoms with E-state index in [1.54, 1.807) is 0 Å². The Bertz CT molecular complexity index is 636. The highest BCUT2D eigenvalue weighted by Crippen LogP contribution is 2.38. The fourth-order valence-corrected chi connectivity index (χ4v) is 3.86. The van der Waals surface area contributed by atoms with Crippen molar-refractivity contribution in [2.45, 2.75) is 30.1 Å². The van der Waals surface area contributed by atoms with Crippen molar-refractivity contribution in [1.82, 2.24) is 4.31 Å². The number of nitrogens with two attached hydrogens (primary N) is 1. The first-order valence-electron chi connectivity index (χ1n) is 6.69. The molecular formula is C13H18ClF3N2O3S. The maximum absolute atomic E-state index is 12.6. The van der Waals surface area contributed by atoms with Gasteiger partial charge in [-0.1, -0.05) is 12.1 Å². The first-order valence-corrected chi connectivity index (χ1v) is 8.13. The van der Waals surface area contributed by atoms with Crippen LogP contribution in [-0.2, 0) is 10.0 Å². The molecular weight excluding hydrogens is 357 g/mol. The predicted molar refractivity (Wildman–Crippen MR) is 80.9 cm³/mol. The molecule has 1 aromatic carbocycles. The van der Waals surface area contributed by atoms with Gasteiger partial charge in [-0.2, -0.15) is 4.31 Å². The summed E-state index contributed by atoms with van der Waals surface area (Å²) in [4.78, 5) is -0.520. The molecule has 0 radical (unpaired) electrons. The van der Waals surface area contributed by atoms with E-state index in [0.29, 0.717) is 0 Å². The standard InChI is InChI=1S/C13H17F3N2O3S.ClH/c1-18(10(8-17)9-6-7-9)22(19,20)12-5-3-2-4-11(12)21-13(14,15)16;/h2-5,9-10H,6-8,17H2,1H3;1H. The Morgan fingerprint density at radius 1 is 1.35 bits per heavy atom. The molecule has 5 nitrogen and oxygen atoms in total. The molecule has 0 bridgehead atoms. The molecule has 2 N–H and O–H groups in total. The van der Waals surface area contributed by atoms with Crippen molar-refractivity contribution in [2.75, 3.05) is 13.6 Å². The minimum absolute atomic E-state index is 0. The lowest BCUT2D eigenvalue weighted by atomic mass is 10.2. The third-order valence-electron chi connectivity index (χ3n) is 3.61. The summed E-state index contributed by atoms with van der Waals surface area (Å²) in [6, 6.07) is 4.26. The van der Waals surface area contributed by atoms with Crippen LogP contribution in [-0.4, -0.2) is 38.7 Å². The predicted octanol–water partition coefficient (Wildman–Crippen LogP) is 2.36. The van der Waals surface area contributed by atoms with Crippen molar-refractivity contribution in [3.05, 3.63) is 24.3 Å². The van der Waals surface area contributed by atoms with E-state index in [9.17, 15) is 21.6 Å². The van der Waals surface area contributed by atoms with Gasteiger partial charge in [-0.15, -0.1) is 25.6 Å². The Kier molecular flexibility index (Phi) is 6.31. The second-order valence-electron chi connectivity index (χ2n) is 5.16. The van der Waals surface area contributed by atoms with Crippen molar-refractivity contribution in [2.24, 2.45) is 11.7 Å². The van der Waals surface area contributed by atoms with Crippen molar-refractivity contribution in [1.29, 1.82) is 0 Å². The molecule has 2 rings (SSSR count). The van der Waals surface area contributed by atoms with E-state index in [1.807, 2.05) is 0 Å². The maximum Gasteiger partial charge on any atom is 0.573 e. The SMILES string of the molecule is CN(C(CN)C1CC1)S(=O)(=O)c1ccccc1OC(F)(F)F.Cl. The summed E-state index contributed by atoms with van der Waals surface area (Å²) in [6.07, 6.45) is -3.24. The molecule has 1 fully saturated rings. The van der Waals surface area contributed by atoms with Crippen LogP contribution in [0.5, 0.6) is 5.75 Å². The molecule has 1 saturated carbocycles. The zero-order valence-electron chi connectivity index (χ0n) is 12.3. The van der Waals surface area contributed by atoms with Crippen LogP contribution in [0.15, 0.2) is 29.2 Å². The van der Waals surface area contributed by atoms with Crippen LogP contribution in [0, 0.1) is 5.92 Å². The van der Waals surface area contributed by atoms with Crippen LogP contribution in [0.3, 0.4) is 0 Å². The van der Waals surface area contributed by atoms with Crippen LogP contribution in [0.2, 0.25) is 0 Å². The smallest absolute Gasteiger partial charge is 0.404 e. The van der Waals surface area contributed by atoms with Crippen molar-refractivity contribution >= 4 is 22.4 Å². The summed E-state index contributed by atoms with van der Waals surface area (Å²) in [5.41, 5.74) is 5.61. The lowest BCUT2D eigenvalue weighted by molar-refractivity contribution is -0.275. The van der Waals surface area contributed by atoms with E-state index in [-0.39, 0.29) is 24.9 Å². The van der Waals surface area contributed by atoms with Crippen molar-refractivity contribution in [3.63, 3.8) is 0 Å². The second kappa shape index (κ2) is 7.25. The summed E-state index contributed by atoms with van der Waals surface area (Å²) in [5, 5.41) is 0. The topological polar surface area (TPSA) is 72.6 Å². The third-order valence-corrected chi connectivity index (χ3v) is 5.53. The van der Waals surface area contributed by atoms with Gasteiger partial charge in [0.2, 0.25) is 10.0 Å². The molecule has 1 atom stereocenters. The molecule has 1 aliphatic carbocycles. The number of alkyl halides is 3. The summed E-state index contributed by atoms with van der Waals surface area (Å²) in [5.74, 6) is -0.589. The highest BCUT2D eigenvalue weighted by Gasteiger charge is 2.40. The highest BCUT2D eigenvalue weighted by atomic mass is 35.5. The minimum atomic E-state index is -4.96. The van der Waals surface area contributed by atoms with Crippen LogP contribution in [0.25, 0.3) is 0 Å². The molecule has 23 heavy (non-hydrogen) atoms. The van der Waals surface area contributed by atoms with Crippen LogP contribution in [0.1, 0.15) is 12.8 Å². The number of likely N-dealkylation sites (N-methyl/N-ethyl adjacent to an activating group) is 1. The number of halogens is 4. The zero-order chi connectivity index (χ0) is 16.5. The van der Waals surface area contributed by atoms with Crippen molar-refractivity contribution in [3.8, 4) is 5.75 Å². The molecule has 0 aromatic heterocycles. The van der Waals surface area contributed by atoms with Gasteiger partial charge < -0.3 is 10.5 Å². The number of benzene rings is 1. The lowest BCUT2D eigenvalue weighted by Crippen LogP contribution is -2.43. The Morgan fingerprint density at radius 2 is 1.91 bits per heavy atom. The van der Waals surface area contributed by atoms with E-state index < -0.39 is 33.1 Å². The van der Waals surface area contributed by atoms with Gasteiger partial charge in [-0.25, -0.2) is 8.42 Å². The minimum Gasteiger partial charge on any atom is -0.404 e. The van der Waals surface area contributed by atoms with E-state index in [1.165, 1.54) is 19.2 Å². The van der Waals surface area contributed by atoms with Gasteiger partial charge in [0, 0.05) is 19.6 Å². The molecule has 10 heteroatoms. The van der Waals surface area contributed by atoms with Gasteiger partial charge in [0.1, 0.15) is 10.6 Å². The average molecular weight is 375 g/mol. The Morgan fingerprint density at radius 3 is 2.39 bits per heavy atom. The Labute approximate surface area is 139 Å². The van der Waals surface area contributed by atoms with Gasteiger partial charge in [-0.05, 0) is 30.9 Å². The number of ether oxygens (including phenoxy) is 1. The Hall–Kier alpha value is -1.03. The van der Waals surface area contributed by atoms with Crippen molar-refractivity contribution < 1.29 is 26.3 Å². The van der Waals surface area contributed by atoms with Gasteiger partial charge in [-0.3, -0.25) is 0 Å². The van der Waals surface area contributed by atoms with E-state index in [4.69, 9.17) is 5.73 Å². The molecule has 1 aliphatic rings. The first kappa shape index (κ1) is 20.0.